The lowest BCUT2D eigenvalue weighted by Crippen LogP contribution is -2.28. The second-order valence-electron chi connectivity index (χ2n) is 4.68. The van der Waals surface area contributed by atoms with Gasteiger partial charge in [0.05, 0.1) is 12.8 Å². The molecular formula is C13H18N2O4. The maximum atomic E-state index is 11.8. The van der Waals surface area contributed by atoms with E-state index in [2.05, 4.69) is 4.98 Å². The first-order chi connectivity index (χ1) is 9.10. The molecule has 1 aromatic heterocycles. The van der Waals surface area contributed by atoms with Gasteiger partial charge in [-0.15, -0.1) is 0 Å². The predicted octanol–water partition coefficient (Wildman–Crippen LogP) is 1.58. The Bertz CT molecular complexity index is 507. The minimum absolute atomic E-state index is 0.0806. The van der Waals surface area contributed by atoms with Gasteiger partial charge in [-0.05, 0) is 25.7 Å². The Kier molecular flexibility index (Phi) is 3.87. The van der Waals surface area contributed by atoms with Crippen LogP contribution in [0.3, 0.4) is 0 Å². The van der Waals surface area contributed by atoms with E-state index in [9.17, 15) is 14.7 Å². The van der Waals surface area contributed by atoms with Crippen LogP contribution in [-0.2, 0) is 22.4 Å². The van der Waals surface area contributed by atoms with Crippen molar-refractivity contribution in [1.82, 2.24) is 9.55 Å². The quantitative estimate of drug-likeness (QED) is 0.837. The Morgan fingerprint density at radius 2 is 2.26 bits per heavy atom. The number of nitrogens with zero attached hydrogens (tertiary/aromatic N) is 2. The lowest BCUT2D eigenvalue weighted by atomic mass is 10.0. The molecule has 1 unspecified atom stereocenters. The number of carboxylic acid groups (broad SMARTS) is 1. The number of hydrogen-bond acceptors (Lipinski definition) is 4. The molecule has 6 heteroatoms. The molecule has 104 valence electrons. The van der Waals surface area contributed by atoms with Crippen LogP contribution in [0, 0.1) is 0 Å². The fourth-order valence-corrected chi connectivity index (χ4v) is 2.65. The van der Waals surface area contributed by atoms with Gasteiger partial charge in [0.25, 0.3) is 0 Å². The highest BCUT2D eigenvalue weighted by Crippen LogP contribution is 2.30. The molecule has 2 heterocycles. The number of hydrogen-bond donors (Lipinski definition) is 1. The first kappa shape index (κ1) is 13.6. The number of carboxylic acids is 1. The third-order valence-electron chi connectivity index (χ3n) is 3.44. The Morgan fingerprint density at radius 1 is 1.53 bits per heavy atom. The standard InChI is InChI=1S/C13H18N2O4/c1-3-5-10-14-11(12(16)17)8-6-4-7-9(15(8)10)13(18)19-2/h9H,3-7H2,1-2H3,(H,16,17). The molecule has 0 aromatic carbocycles. The van der Waals surface area contributed by atoms with Crippen molar-refractivity contribution >= 4 is 11.9 Å². The zero-order chi connectivity index (χ0) is 14.0. The molecule has 0 saturated heterocycles. The Hall–Kier alpha value is -1.85. The molecule has 2 rings (SSSR count). The molecule has 0 radical (unpaired) electrons. The molecule has 0 aliphatic carbocycles. The second kappa shape index (κ2) is 5.42. The van der Waals surface area contributed by atoms with Crippen molar-refractivity contribution in [1.29, 1.82) is 0 Å². The molecule has 6 nitrogen and oxygen atoms in total. The predicted molar refractivity (Wildman–Crippen MR) is 67.2 cm³/mol. The summed E-state index contributed by atoms with van der Waals surface area (Å²) in [6, 6.07) is -0.434. The van der Waals surface area contributed by atoms with Crippen LogP contribution in [0.15, 0.2) is 0 Å². The van der Waals surface area contributed by atoms with Crippen molar-refractivity contribution in [2.24, 2.45) is 0 Å². The van der Waals surface area contributed by atoms with E-state index in [4.69, 9.17) is 4.74 Å². The van der Waals surface area contributed by atoms with Gasteiger partial charge in [0, 0.05) is 6.42 Å². The number of imidazole rings is 1. The van der Waals surface area contributed by atoms with Gasteiger partial charge in [0.2, 0.25) is 0 Å². The molecule has 1 N–H and O–H groups in total. The van der Waals surface area contributed by atoms with Gasteiger partial charge in [-0.1, -0.05) is 6.92 Å². The van der Waals surface area contributed by atoms with Gasteiger partial charge in [-0.2, -0.15) is 0 Å². The highest BCUT2D eigenvalue weighted by atomic mass is 16.5. The molecule has 0 fully saturated rings. The number of esters is 1. The molecule has 19 heavy (non-hydrogen) atoms. The SMILES string of the molecule is CCCc1nc(C(=O)O)c2n1C(C(=O)OC)CCC2. The second-order valence-corrected chi connectivity index (χ2v) is 4.68. The fourth-order valence-electron chi connectivity index (χ4n) is 2.65. The van der Waals surface area contributed by atoms with E-state index in [1.165, 1.54) is 7.11 Å². The van der Waals surface area contributed by atoms with E-state index in [1.807, 2.05) is 6.92 Å². The highest BCUT2D eigenvalue weighted by Gasteiger charge is 2.33. The van der Waals surface area contributed by atoms with Crippen LogP contribution in [0.5, 0.6) is 0 Å². The topological polar surface area (TPSA) is 81.4 Å². The van der Waals surface area contributed by atoms with Gasteiger partial charge in [0.15, 0.2) is 5.69 Å². The molecule has 1 aromatic rings. The van der Waals surface area contributed by atoms with Crippen molar-refractivity contribution in [2.45, 2.75) is 45.1 Å². The molecule has 0 spiro atoms. The number of aromatic carboxylic acids is 1. The Labute approximate surface area is 111 Å². The smallest absolute Gasteiger partial charge is 0.356 e. The number of methoxy groups -OCH3 is 1. The number of carbonyl (C=O) groups excluding carboxylic acids is 1. The normalized spacial score (nSPS) is 17.9. The minimum Gasteiger partial charge on any atom is -0.476 e. The monoisotopic (exact) mass is 266 g/mol. The minimum atomic E-state index is -1.03. The molecule has 0 bridgehead atoms. The Balaban J connectivity index is 2.53. The third kappa shape index (κ3) is 2.34. The Morgan fingerprint density at radius 3 is 2.84 bits per heavy atom. The number of rotatable bonds is 4. The van der Waals surface area contributed by atoms with Crippen LogP contribution in [0.4, 0.5) is 0 Å². The lowest BCUT2D eigenvalue weighted by Gasteiger charge is -2.25. The maximum Gasteiger partial charge on any atom is 0.356 e. The summed E-state index contributed by atoms with van der Waals surface area (Å²) in [7, 11) is 1.35. The molecule has 1 aliphatic rings. The number of carbonyl (C=O) groups is 2. The van der Waals surface area contributed by atoms with E-state index >= 15 is 0 Å². The van der Waals surface area contributed by atoms with Crippen LogP contribution in [0.1, 0.15) is 54.2 Å². The summed E-state index contributed by atoms with van der Waals surface area (Å²) in [5.74, 6) is -0.686. The summed E-state index contributed by atoms with van der Waals surface area (Å²) in [6.07, 6.45) is 3.60. The summed E-state index contributed by atoms with van der Waals surface area (Å²) in [5.41, 5.74) is 0.731. The van der Waals surface area contributed by atoms with Crippen molar-refractivity contribution < 1.29 is 19.4 Å². The van der Waals surface area contributed by atoms with Gasteiger partial charge in [0.1, 0.15) is 11.9 Å². The number of ether oxygens (including phenoxy) is 1. The van der Waals surface area contributed by atoms with Crippen LogP contribution in [0.25, 0.3) is 0 Å². The van der Waals surface area contributed by atoms with Crippen molar-refractivity contribution in [2.75, 3.05) is 7.11 Å². The van der Waals surface area contributed by atoms with Crippen LogP contribution in [-0.4, -0.2) is 33.7 Å². The molecular weight excluding hydrogens is 248 g/mol. The largest absolute Gasteiger partial charge is 0.476 e. The first-order valence-electron chi connectivity index (χ1n) is 6.51. The number of fused-ring (bicyclic) bond motifs is 1. The zero-order valence-electron chi connectivity index (χ0n) is 11.2. The van der Waals surface area contributed by atoms with Gasteiger partial charge in [-0.3, -0.25) is 0 Å². The summed E-state index contributed by atoms with van der Waals surface area (Å²) < 4.78 is 6.59. The van der Waals surface area contributed by atoms with E-state index in [-0.39, 0.29) is 11.7 Å². The van der Waals surface area contributed by atoms with E-state index in [0.29, 0.717) is 30.8 Å². The summed E-state index contributed by atoms with van der Waals surface area (Å²) in [4.78, 5) is 27.3. The molecule has 0 amide bonds. The van der Waals surface area contributed by atoms with E-state index in [0.717, 1.165) is 12.8 Å². The summed E-state index contributed by atoms with van der Waals surface area (Å²) in [5, 5.41) is 9.21. The summed E-state index contributed by atoms with van der Waals surface area (Å²) in [6.45, 7) is 2.00. The zero-order valence-corrected chi connectivity index (χ0v) is 11.2. The average molecular weight is 266 g/mol. The van der Waals surface area contributed by atoms with Crippen LogP contribution >= 0.6 is 0 Å². The van der Waals surface area contributed by atoms with E-state index < -0.39 is 12.0 Å². The molecule has 1 atom stereocenters. The van der Waals surface area contributed by atoms with Crippen LogP contribution < -0.4 is 0 Å². The maximum absolute atomic E-state index is 11.8. The van der Waals surface area contributed by atoms with Gasteiger partial charge in [-0.25, -0.2) is 14.6 Å². The fraction of sp³-hybridized carbons (Fsp3) is 0.615. The molecule has 1 aliphatic heterocycles. The third-order valence-corrected chi connectivity index (χ3v) is 3.44. The molecule has 0 saturated carbocycles. The van der Waals surface area contributed by atoms with Crippen molar-refractivity contribution in [3.05, 3.63) is 17.2 Å². The summed E-state index contributed by atoms with van der Waals surface area (Å²) >= 11 is 0. The lowest BCUT2D eigenvalue weighted by molar-refractivity contribution is -0.145. The first-order valence-corrected chi connectivity index (χ1v) is 6.51. The van der Waals surface area contributed by atoms with Gasteiger partial charge < -0.3 is 14.4 Å². The van der Waals surface area contributed by atoms with Gasteiger partial charge >= 0.3 is 11.9 Å². The average Bonchev–Trinajstić information content (AvgIpc) is 2.77. The number of aromatic nitrogens is 2. The van der Waals surface area contributed by atoms with Crippen LogP contribution in [0.2, 0.25) is 0 Å². The van der Waals surface area contributed by atoms with E-state index in [1.54, 1.807) is 4.57 Å². The van der Waals surface area contributed by atoms with Crippen molar-refractivity contribution in [3.63, 3.8) is 0 Å². The van der Waals surface area contributed by atoms with Crippen molar-refractivity contribution in [3.8, 4) is 0 Å². The highest BCUT2D eigenvalue weighted by molar-refractivity contribution is 5.87. The number of aryl methyl sites for hydroxylation is 1.